The van der Waals surface area contributed by atoms with Gasteiger partial charge < -0.3 is 9.80 Å². The number of pyridine rings is 1. The number of unbranched alkanes of at least 4 members (excludes halogenated alkanes) is 1. The zero-order valence-corrected chi connectivity index (χ0v) is 17.5. The molecule has 0 unspecified atom stereocenters. The van der Waals surface area contributed by atoms with Crippen LogP contribution in [0.25, 0.3) is 10.9 Å². The Bertz CT molecular complexity index is 779. The third-order valence-corrected chi connectivity index (χ3v) is 6.23. The van der Waals surface area contributed by atoms with E-state index in [1.807, 2.05) is 6.07 Å². The molecule has 0 spiro atoms. The molecular weight excluding hydrogens is 375 g/mol. The van der Waals surface area contributed by atoms with Crippen LogP contribution in [0.5, 0.6) is 0 Å². The highest BCUT2D eigenvalue weighted by Crippen LogP contribution is 2.35. The van der Waals surface area contributed by atoms with Crippen LogP contribution >= 0.6 is 0 Å². The summed E-state index contributed by atoms with van der Waals surface area (Å²) in [7, 11) is 0. The SMILES string of the molecule is CCN(CC)CCCCC1CCN(c2ccnc3cc(C(F)(F)F)ccc23)CC1. The van der Waals surface area contributed by atoms with E-state index in [2.05, 4.69) is 28.6 Å². The van der Waals surface area contributed by atoms with Crippen molar-refractivity contribution in [3.8, 4) is 0 Å². The molecular formula is C23H32F3N3. The number of alkyl halides is 3. The van der Waals surface area contributed by atoms with Gasteiger partial charge in [0.05, 0.1) is 11.1 Å². The van der Waals surface area contributed by atoms with E-state index in [4.69, 9.17) is 0 Å². The van der Waals surface area contributed by atoms with Gasteiger partial charge in [0.15, 0.2) is 0 Å². The maximum atomic E-state index is 13.0. The summed E-state index contributed by atoms with van der Waals surface area (Å²) in [5, 5.41) is 0.804. The number of anilines is 1. The summed E-state index contributed by atoms with van der Waals surface area (Å²) in [6.07, 6.45) is 3.40. The number of aromatic nitrogens is 1. The van der Waals surface area contributed by atoms with Crippen molar-refractivity contribution in [3.05, 3.63) is 36.0 Å². The summed E-state index contributed by atoms with van der Waals surface area (Å²) in [5.74, 6) is 0.757. The molecule has 1 aliphatic rings. The molecule has 6 heteroatoms. The van der Waals surface area contributed by atoms with E-state index in [0.717, 1.165) is 68.1 Å². The monoisotopic (exact) mass is 407 g/mol. The molecule has 1 saturated heterocycles. The molecule has 0 amide bonds. The fraction of sp³-hybridized carbons (Fsp3) is 0.609. The van der Waals surface area contributed by atoms with E-state index in [-0.39, 0.29) is 0 Å². The number of hydrogen-bond acceptors (Lipinski definition) is 3. The fourth-order valence-corrected chi connectivity index (χ4v) is 4.36. The highest BCUT2D eigenvalue weighted by atomic mass is 19.4. The fourth-order valence-electron chi connectivity index (χ4n) is 4.36. The molecule has 1 fully saturated rings. The molecule has 0 atom stereocenters. The molecule has 0 N–H and O–H groups in total. The molecule has 0 bridgehead atoms. The summed E-state index contributed by atoms with van der Waals surface area (Å²) in [6.45, 7) is 9.78. The third-order valence-electron chi connectivity index (χ3n) is 6.23. The van der Waals surface area contributed by atoms with E-state index in [0.29, 0.717) is 5.52 Å². The molecule has 1 aliphatic heterocycles. The smallest absolute Gasteiger partial charge is 0.371 e. The number of piperidine rings is 1. The molecule has 1 aromatic carbocycles. The Balaban J connectivity index is 1.56. The van der Waals surface area contributed by atoms with Gasteiger partial charge in [-0.15, -0.1) is 0 Å². The van der Waals surface area contributed by atoms with Crippen molar-refractivity contribution in [1.29, 1.82) is 0 Å². The van der Waals surface area contributed by atoms with Crippen LogP contribution in [0.2, 0.25) is 0 Å². The van der Waals surface area contributed by atoms with Crippen molar-refractivity contribution in [2.45, 2.75) is 52.1 Å². The summed E-state index contributed by atoms with van der Waals surface area (Å²) in [5.41, 5.74) is 0.776. The minimum atomic E-state index is -4.34. The lowest BCUT2D eigenvalue weighted by Crippen LogP contribution is -2.33. The normalized spacial score (nSPS) is 16.1. The van der Waals surface area contributed by atoms with Crippen molar-refractivity contribution in [2.75, 3.05) is 37.6 Å². The van der Waals surface area contributed by atoms with Crippen molar-refractivity contribution in [2.24, 2.45) is 5.92 Å². The molecule has 0 saturated carbocycles. The van der Waals surface area contributed by atoms with Gasteiger partial charge in [-0.3, -0.25) is 4.98 Å². The quantitative estimate of drug-likeness (QED) is 0.502. The molecule has 2 heterocycles. The minimum Gasteiger partial charge on any atom is -0.371 e. The van der Waals surface area contributed by atoms with Gasteiger partial charge in [-0.2, -0.15) is 13.2 Å². The van der Waals surface area contributed by atoms with Crippen LogP contribution in [0.4, 0.5) is 18.9 Å². The van der Waals surface area contributed by atoms with Gasteiger partial charge >= 0.3 is 6.18 Å². The largest absolute Gasteiger partial charge is 0.416 e. The van der Waals surface area contributed by atoms with Crippen LogP contribution in [0.15, 0.2) is 30.5 Å². The number of fused-ring (bicyclic) bond motifs is 1. The lowest BCUT2D eigenvalue weighted by molar-refractivity contribution is -0.137. The van der Waals surface area contributed by atoms with Crippen LogP contribution in [0.1, 0.15) is 51.5 Å². The van der Waals surface area contributed by atoms with E-state index < -0.39 is 11.7 Å². The second-order valence-corrected chi connectivity index (χ2v) is 8.01. The molecule has 160 valence electrons. The summed E-state index contributed by atoms with van der Waals surface area (Å²) in [4.78, 5) is 8.96. The highest BCUT2D eigenvalue weighted by molar-refractivity contribution is 5.92. The van der Waals surface area contributed by atoms with Gasteiger partial charge in [-0.25, -0.2) is 0 Å². The van der Waals surface area contributed by atoms with Gasteiger partial charge in [0.25, 0.3) is 0 Å². The first-order valence-electron chi connectivity index (χ1n) is 10.9. The summed E-state index contributed by atoms with van der Waals surface area (Å²) in [6, 6.07) is 5.82. The summed E-state index contributed by atoms with van der Waals surface area (Å²) >= 11 is 0. The first-order valence-corrected chi connectivity index (χ1v) is 10.9. The molecule has 2 aromatic rings. The minimum absolute atomic E-state index is 0.413. The number of nitrogens with zero attached hydrogens (tertiary/aromatic N) is 3. The molecule has 3 rings (SSSR count). The predicted octanol–water partition coefficient (Wildman–Crippen LogP) is 5.98. The maximum Gasteiger partial charge on any atom is 0.416 e. The topological polar surface area (TPSA) is 19.4 Å². The number of halogens is 3. The van der Waals surface area contributed by atoms with Crippen LogP contribution in [0, 0.1) is 5.92 Å². The second-order valence-electron chi connectivity index (χ2n) is 8.01. The average Bonchev–Trinajstić information content (AvgIpc) is 2.73. The second kappa shape index (κ2) is 9.79. The summed E-state index contributed by atoms with van der Waals surface area (Å²) < 4.78 is 39.0. The number of benzene rings is 1. The van der Waals surface area contributed by atoms with Gasteiger partial charge in [0.1, 0.15) is 0 Å². The van der Waals surface area contributed by atoms with Crippen LogP contribution in [-0.2, 0) is 6.18 Å². The van der Waals surface area contributed by atoms with Crippen molar-refractivity contribution in [3.63, 3.8) is 0 Å². The maximum absolute atomic E-state index is 13.0. The van der Waals surface area contributed by atoms with Gasteiger partial charge in [-0.05, 0) is 63.0 Å². The molecule has 29 heavy (non-hydrogen) atoms. The van der Waals surface area contributed by atoms with Crippen LogP contribution < -0.4 is 4.90 Å². The van der Waals surface area contributed by atoms with Crippen LogP contribution in [0.3, 0.4) is 0 Å². The van der Waals surface area contributed by atoms with Crippen molar-refractivity contribution in [1.82, 2.24) is 9.88 Å². The van der Waals surface area contributed by atoms with E-state index in [9.17, 15) is 13.2 Å². The van der Waals surface area contributed by atoms with E-state index in [1.165, 1.54) is 25.8 Å². The predicted molar refractivity (Wildman–Crippen MR) is 113 cm³/mol. The Labute approximate surface area is 171 Å². The van der Waals surface area contributed by atoms with E-state index >= 15 is 0 Å². The van der Waals surface area contributed by atoms with Gasteiger partial charge in [-0.1, -0.05) is 32.8 Å². The van der Waals surface area contributed by atoms with Crippen molar-refractivity contribution >= 4 is 16.6 Å². The molecule has 0 radical (unpaired) electrons. The molecule has 0 aliphatic carbocycles. The Morgan fingerprint density at radius 1 is 1.07 bits per heavy atom. The van der Waals surface area contributed by atoms with Gasteiger partial charge in [0, 0.05) is 30.4 Å². The van der Waals surface area contributed by atoms with E-state index in [1.54, 1.807) is 12.3 Å². The Kier molecular flexibility index (Phi) is 7.38. The lowest BCUT2D eigenvalue weighted by atomic mass is 9.91. The highest BCUT2D eigenvalue weighted by Gasteiger charge is 2.31. The zero-order valence-electron chi connectivity index (χ0n) is 17.5. The third kappa shape index (κ3) is 5.62. The standard InChI is InChI=1S/C23H32F3N3/c1-3-28(4-2)14-6-5-7-18-11-15-29(16-12-18)22-10-13-27-21-17-19(23(24,25)26)8-9-20(21)22/h8-10,13,17-18H,3-7,11-12,14-16H2,1-2H3. The zero-order chi connectivity index (χ0) is 20.9. The first kappa shape index (κ1) is 21.9. The lowest BCUT2D eigenvalue weighted by Gasteiger charge is -2.34. The number of rotatable bonds is 8. The first-order chi connectivity index (χ1) is 13.9. The average molecular weight is 408 g/mol. The van der Waals surface area contributed by atoms with Crippen molar-refractivity contribution < 1.29 is 13.2 Å². The Morgan fingerprint density at radius 3 is 2.45 bits per heavy atom. The molecule has 3 nitrogen and oxygen atoms in total. The number of hydrogen-bond donors (Lipinski definition) is 0. The Morgan fingerprint density at radius 2 is 1.79 bits per heavy atom. The molecule has 1 aromatic heterocycles. The Hall–Kier alpha value is -1.82. The van der Waals surface area contributed by atoms with Crippen LogP contribution in [-0.4, -0.2) is 42.6 Å². The van der Waals surface area contributed by atoms with Gasteiger partial charge in [0.2, 0.25) is 0 Å².